The molecule has 2 aliphatic heterocycles. The van der Waals surface area contributed by atoms with Gasteiger partial charge in [-0.25, -0.2) is 4.79 Å². The number of benzene rings is 2. The van der Waals surface area contributed by atoms with Crippen LogP contribution in [0.15, 0.2) is 67.0 Å². The highest BCUT2D eigenvalue weighted by Gasteiger charge is 2.55. The Hall–Kier alpha value is -4.20. The number of aromatic nitrogens is 1. The van der Waals surface area contributed by atoms with Gasteiger partial charge in [0.15, 0.2) is 5.54 Å². The number of imide groups is 1. The van der Waals surface area contributed by atoms with Crippen LogP contribution in [0.2, 0.25) is 0 Å². The predicted molar refractivity (Wildman–Crippen MR) is 130 cm³/mol. The molecule has 2 aliphatic rings. The first-order chi connectivity index (χ1) is 17.0. The van der Waals surface area contributed by atoms with Gasteiger partial charge in [0.1, 0.15) is 5.75 Å². The molecule has 1 atom stereocenters. The fraction of sp³-hybridized carbons (Fsp3) is 0.259. The van der Waals surface area contributed by atoms with E-state index in [4.69, 9.17) is 4.74 Å². The number of hydrogen-bond donors (Lipinski definition) is 1. The number of carbonyl (C=O) groups excluding carboxylic acids is 3. The van der Waals surface area contributed by atoms with E-state index in [1.165, 1.54) is 4.90 Å². The molecule has 0 radical (unpaired) electrons. The number of fused-ring (bicyclic) bond motifs is 1. The topological polar surface area (TPSA) is 91.8 Å². The average Bonchev–Trinajstić information content (AvgIpc) is 3.31. The number of rotatable bonds is 7. The first kappa shape index (κ1) is 22.6. The normalized spacial score (nSPS) is 19.2. The summed E-state index contributed by atoms with van der Waals surface area (Å²) in [5.74, 6) is 0.102. The van der Waals surface area contributed by atoms with Crippen molar-refractivity contribution in [2.45, 2.75) is 25.9 Å². The highest BCUT2D eigenvalue weighted by Crippen LogP contribution is 2.38. The Bertz CT molecular complexity index is 1290. The van der Waals surface area contributed by atoms with Crippen LogP contribution in [0.25, 0.3) is 11.1 Å². The summed E-state index contributed by atoms with van der Waals surface area (Å²) in [5.41, 5.74) is 2.71. The second kappa shape index (κ2) is 8.87. The molecular weight excluding hydrogens is 444 g/mol. The predicted octanol–water partition coefficient (Wildman–Crippen LogP) is 3.57. The van der Waals surface area contributed by atoms with Crippen LogP contribution >= 0.6 is 0 Å². The third kappa shape index (κ3) is 3.71. The zero-order valence-corrected chi connectivity index (χ0v) is 19.7. The number of likely N-dealkylation sites (N-methyl/N-ethyl adjacent to an activating group) is 1. The van der Waals surface area contributed by atoms with Gasteiger partial charge in [-0.1, -0.05) is 24.3 Å². The Kier molecular flexibility index (Phi) is 5.72. The summed E-state index contributed by atoms with van der Waals surface area (Å²) in [4.78, 5) is 46.6. The van der Waals surface area contributed by atoms with Crippen molar-refractivity contribution in [1.29, 1.82) is 0 Å². The minimum Gasteiger partial charge on any atom is -0.494 e. The summed E-state index contributed by atoms with van der Waals surface area (Å²) in [6.07, 6.45) is 3.44. The number of urea groups is 1. The Balaban J connectivity index is 1.52. The maximum atomic E-state index is 13.4. The number of hydrogen-bond acceptors (Lipinski definition) is 5. The number of amides is 4. The molecule has 178 valence electrons. The second-order valence-electron chi connectivity index (χ2n) is 8.59. The van der Waals surface area contributed by atoms with E-state index in [2.05, 4.69) is 10.3 Å². The van der Waals surface area contributed by atoms with E-state index in [1.807, 2.05) is 56.3 Å². The molecule has 8 heteroatoms. The maximum absolute atomic E-state index is 13.4. The van der Waals surface area contributed by atoms with Crippen molar-refractivity contribution >= 4 is 17.8 Å². The first-order valence-corrected chi connectivity index (χ1v) is 11.7. The highest BCUT2D eigenvalue weighted by atomic mass is 16.5. The van der Waals surface area contributed by atoms with E-state index in [0.717, 1.165) is 16.7 Å². The number of nitrogens with zero attached hydrogens (tertiary/aromatic N) is 3. The van der Waals surface area contributed by atoms with E-state index in [-0.39, 0.29) is 12.5 Å². The summed E-state index contributed by atoms with van der Waals surface area (Å²) in [5, 5.41) is 2.47. The molecule has 2 aromatic carbocycles. The van der Waals surface area contributed by atoms with Crippen LogP contribution in [0.1, 0.15) is 35.3 Å². The standard InChI is InChI=1S/C27H26N4O4/c1-3-31-26(34)29-25(33)27(31,21-7-5-18(6-8-21)19-11-13-28-14-12-19)17-30-16-20-15-22(35-4-2)9-10-23(20)24(30)32/h5-15H,3-4,16-17H2,1-2H3,(H,29,33,34)/t27-/m0/s1. The number of ether oxygens (including phenoxy) is 1. The maximum Gasteiger partial charge on any atom is 0.325 e. The lowest BCUT2D eigenvalue weighted by molar-refractivity contribution is -0.127. The molecular formula is C27H26N4O4. The summed E-state index contributed by atoms with van der Waals surface area (Å²) in [6, 6.07) is 16.3. The van der Waals surface area contributed by atoms with Crippen molar-refractivity contribution in [3.05, 3.63) is 83.7 Å². The van der Waals surface area contributed by atoms with E-state index in [0.29, 0.717) is 36.6 Å². The zero-order chi connectivity index (χ0) is 24.6. The molecule has 3 heterocycles. The van der Waals surface area contributed by atoms with Crippen LogP contribution < -0.4 is 10.1 Å². The van der Waals surface area contributed by atoms with Gasteiger partial charge >= 0.3 is 6.03 Å². The van der Waals surface area contributed by atoms with Gasteiger partial charge < -0.3 is 14.5 Å². The molecule has 1 aromatic heterocycles. The van der Waals surface area contributed by atoms with Crippen molar-refractivity contribution in [2.75, 3.05) is 19.7 Å². The smallest absolute Gasteiger partial charge is 0.325 e. The van der Waals surface area contributed by atoms with Crippen molar-refractivity contribution in [3.8, 4) is 16.9 Å². The largest absolute Gasteiger partial charge is 0.494 e. The van der Waals surface area contributed by atoms with Crippen molar-refractivity contribution < 1.29 is 19.1 Å². The van der Waals surface area contributed by atoms with E-state index >= 15 is 0 Å². The van der Waals surface area contributed by atoms with Crippen molar-refractivity contribution in [2.24, 2.45) is 0 Å². The monoisotopic (exact) mass is 470 g/mol. The van der Waals surface area contributed by atoms with Gasteiger partial charge in [0.25, 0.3) is 11.8 Å². The Morgan fingerprint density at radius 2 is 1.69 bits per heavy atom. The van der Waals surface area contributed by atoms with Gasteiger partial charge in [0.2, 0.25) is 0 Å². The minimum absolute atomic E-state index is 0.0461. The summed E-state index contributed by atoms with van der Waals surface area (Å²) in [6.45, 7) is 4.96. The molecule has 35 heavy (non-hydrogen) atoms. The third-order valence-electron chi connectivity index (χ3n) is 6.68. The lowest BCUT2D eigenvalue weighted by Crippen LogP contribution is -2.54. The molecule has 0 spiro atoms. The number of carbonyl (C=O) groups is 3. The SMILES string of the molecule is CCOc1ccc2c(c1)CN(C[C@]1(c3ccc(-c4ccncc4)cc3)C(=O)NC(=O)N1CC)C2=O. The Morgan fingerprint density at radius 3 is 2.37 bits per heavy atom. The van der Waals surface area contributed by atoms with Crippen LogP contribution in [0.4, 0.5) is 4.79 Å². The zero-order valence-electron chi connectivity index (χ0n) is 19.7. The second-order valence-corrected chi connectivity index (χ2v) is 8.59. The van der Waals surface area contributed by atoms with Gasteiger partial charge in [-0.15, -0.1) is 0 Å². The van der Waals surface area contributed by atoms with Gasteiger partial charge in [-0.05, 0) is 66.4 Å². The van der Waals surface area contributed by atoms with Gasteiger partial charge in [-0.3, -0.25) is 19.9 Å². The quantitative estimate of drug-likeness (QED) is 0.533. The van der Waals surface area contributed by atoms with Crippen LogP contribution in [0.5, 0.6) is 5.75 Å². The summed E-state index contributed by atoms with van der Waals surface area (Å²) < 4.78 is 5.59. The molecule has 5 rings (SSSR count). The third-order valence-corrected chi connectivity index (χ3v) is 6.68. The van der Waals surface area contributed by atoms with Crippen molar-refractivity contribution in [1.82, 2.24) is 20.1 Å². The molecule has 4 amide bonds. The van der Waals surface area contributed by atoms with E-state index in [1.54, 1.807) is 29.4 Å². The molecule has 0 aliphatic carbocycles. The van der Waals surface area contributed by atoms with Gasteiger partial charge in [0, 0.05) is 31.0 Å². The molecule has 1 fully saturated rings. The molecule has 3 aromatic rings. The summed E-state index contributed by atoms with van der Waals surface area (Å²) in [7, 11) is 0. The van der Waals surface area contributed by atoms with Crippen LogP contribution in [-0.2, 0) is 16.9 Å². The van der Waals surface area contributed by atoms with Gasteiger partial charge in [-0.2, -0.15) is 0 Å². The van der Waals surface area contributed by atoms with Gasteiger partial charge in [0.05, 0.1) is 13.2 Å². The number of pyridine rings is 1. The van der Waals surface area contributed by atoms with E-state index in [9.17, 15) is 14.4 Å². The molecule has 0 unspecified atom stereocenters. The molecule has 0 saturated carbocycles. The van der Waals surface area contributed by atoms with Crippen LogP contribution in [0.3, 0.4) is 0 Å². The molecule has 0 bridgehead atoms. The highest BCUT2D eigenvalue weighted by molar-refractivity contribution is 6.08. The Labute approximate surface area is 203 Å². The lowest BCUT2D eigenvalue weighted by atomic mass is 9.86. The van der Waals surface area contributed by atoms with Crippen molar-refractivity contribution in [3.63, 3.8) is 0 Å². The van der Waals surface area contributed by atoms with Crippen LogP contribution in [0, 0.1) is 0 Å². The van der Waals surface area contributed by atoms with E-state index < -0.39 is 17.5 Å². The average molecular weight is 471 g/mol. The minimum atomic E-state index is -1.33. The molecule has 1 saturated heterocycles. The lowest BCUT2D eigenvalue weighted by Gasteiger charge is -2.38. The Morgan fingerprint density at radius 1 is 0.971 bits per heavy atom. The molecule has 1 N–H and O–H groups in total. The number of nitrogens with one attached hydrogen (secondary N) is 1. The van der Waals surface area contributed by atoms with Crippen LogP contribution in [-0.4, -0.2) is 52.3 Å². The first-order valence-electron chi connectivity index (χ1n) is 11.7. The summed E-state index contributed by atoms with van der Waals surface area (Å²) >= 11 is 0. The fourth-order valence-electron chi connectivity index (χ4n) is 5.01. The molecule has 8 nitrogen and oxygen atoms in total. The fourth-order valence-corrected chi connectivity index (χ4v) is 5.01.